The minimum absolute atomic E-state index is 0.0469. The Kier molecular flexibility index (Phi) is 6.38. The van der Waals surface area contributed by atoms with Gasteiger partial charge in [-0.05, 0) is 75.2 Å². The van der Waals surface area contributed by atoms with Crippen molar-refractivity contribution in [2.75, 3.05) is 6.61 Å². The highest BCUT2D eigenvalue weighted by Crippen LogP contribution is 2.60. The van der Waals surface area contributed by atoms with Crippen LogP contribution in [-0.2, 0) is 4.79 Å². The molecule has 5 aliphatic rings. The van der Waals surface area contributed by atoms with Crippen molar-refractivity contribution in [2.45, 2.75) is 64.2 Å². The molecule has 5 saturated carbocycles. The number of carbonyl (C=O) groups excluding carboxylic acids is 1. The number of carbonyl (C=O) groups is 2. The Morgan fingerprint density at radius 3 is 2.20 bits per heavy atom. The summed E-state index contributed by atoms with van der Waals surface area (Å²) in [6, 6.07) is 2.83. The van der Waals surface area contributed by atoms with Crippen LogP contribution in [-0.4, -0.2) is 24.0 Å². The van der Waals surface area contributed by atoms with Crippen molar-refractivity contribution in [3.05, 3.63) is 28.5 Å². The van der Waals surface area contributed by atoms with Gasteiger partial charge in [0.05, 0.1) is 17.2 Å². The van der Waals surface area contributed by atoms with E-state index < -0.39 is 5.82 Å². The molecule has 0 atom stereocenters. The van der Waals surface area contributed by atoms with Gasteiger partial charge in [-0.3, -0.25) is 9.59 Å². The van der Waals surface area contributed by atoms with Crippen molar-refractivity contribution in [1.29, 1.82) is 0 Å². The smallest absolute Gasteiger partial charge is 0.290 e. The van der Waals surface area contributed by atoms with Gasteiger partial charge in [0.15, 0.2) is 5.78 Å². The maximum absolute atomic E-state index is 14.7. The molecule has 0 aromatic heterocycles. The Morgan fingerprint density at radius 2 is 1.67 bits per heavy atom. The molecule has 0 amide bonds. The number of Topliss-reactive ketones (excluding diaryl/α,β-unsaturated/α-hetero) is 1. The van der Waals surface area contributed by atoms with Gasteiger partial charge in [0.1, 0.15) is 11.6 Å². The van der Waals surface area contributed by atoms with Gasteiger partial charge in [0, 0.05) is 17.4 Å². The van der Waals surface area contributed by atoms with Crippen molar-refractivity contribution in [1.82, 2.24) is 0 Å². The maximum Gasteiger partial charge on any atom is 0.290 e. The van der Waals surface area contributed by atoms with E-state index in [0.29, 0.717) is 17.4 Å². The first-order chi connectivity index (χ1) is 14.4. The summed E-state index contributed by atoms with van der Waals surface area (Å²) in [6.07, 6.45) is 11.8. The van der Waals surface area contributed by atoms with E-state index in [0.717, 1.165) is 43.4 Å². The number of carboxylic acid groups (broad SMARTS) is 1. The Hall–Kier alpha value is -1.62. The summed E-state index contributed by atoms with van der Waals surface area (Å²) in [5.41, 5.74) is 0.390. The summed E-state index contributed by atoms with van der Waals surface area (Å²) in [6.45, 7) is 0.381. The van der Waals surface area contributed by atoms with Gasteiger partial charge in [-0.2, -0.15) is 0 Å². The number of ether oxygens (including phenoxy) is 1. The largest absolute Gasteiger partial charge is 0.491 e. The zero-order chi connectivity index (χ0) is 21.3. The molecule has 0 spiro atoms. The van der Waals surface area contributed by atoms with Crippen LogP contribution in [0.2, 0.25) is 5.02 Å². The molecule has 0 unspecified atom stereocenters. The zero-order valence-corrected chi connectivity index (χ0v) is 18.0. The molecule has 6 rings (SSSR count). The molecule has 0 heterocycles. The number of benzene rings is 1. The summed E-state index contributed by atoms with van der Waals surface area (Å²) in [7, 11) is 0. The van der Waals surface area contributed by atoms with Crippen molar-refractivity contribution >= 4 is 23.9 Å². The number of ketones is 1. The van der Waals surface area contributed by atoms with Crippen LogP contribution in [0.1, 0.15) is 74.6 Å². The van der Waals surface area contributed by atoms with E-state index >= 15 is 0 Å². The fourth-order valence-corrected chi connectivity index (χ4v) is 7.15. The first kappa shape index (κ1) is 21.6. The summed E-state index contributed by atoms with van der Waals surface area (Å²) >= 11 is 6.39. The zero-order valence-electron chi connectivity index (χ0n) is 17.2. The molecule has 1 N–H and O–H groups in total. The molecule has 164 valence electrons. The maximum atomic E-state index is 14.7. The third-order valence-electron chi connectivity index (χ3n) is 7.71. The van der Waals surface area contributed by atoms with Crippen LogP contribution in [0, 0.1) is 34.9 Å². The third-order valence-corrected chi connectivity index (χ3v) is 8.01. The monoisotopic (exact) mass is 436 g/mol. The highest BCUT2D eigenvalue weighted by atomic mass is 35.5. The van der Waals surface area contributed by atoms with E-state index in [4.69, 9.17) is 26.2 Å². The standard InChI is InChI=1S/C23H28ClFO2.CH2O2/c24-19-8-18(22(26)17-3-1-2-4-17)20(25)9-21(19)27-13-23-10-14-5-15(11-23)7-16(6-14)12-23;2-1-3/h8-9,14-17H,1-7,10-13H2;1H,(H,2,3). The van der Waals surface area contributed by atoms with Gasteiger partial charge in [-0.1, -0.05) is 24.4 Å². The number of rotatable bonds is 5. The highest BCUT2D eigenvalue weighted by Gasteiger charge is 2.51. The van der Waals surface area contributed by atoms with Gasteiger partial charge in [-0.25, -0.2) is 4.39 Å². The molecule has 5 fully saturated rings. The summed E-state index contributed by atoms with van der Waals surface area (Å²) in [5, 5.41) is 7.25. The fraction of sp³-hybridized carbons (Fsp3) is 0.667. The lowest BCUT2D eigenvalue weighted by atomic mass is 9.50. The van der Waals surface area contributed by atoms with E-state index in [1.54, 1.807) is 0 Å². The molecule has 30 heavy (non-hydrogen) atoms. The summed E-state index contributed by atoms with van der Waals surface area (Å²) < 4.78 is 20.7. The molecule has 4 bridgehead atoms. The molecular formula is C24H30ClFO4. The van der Waals surface area contributed by atoms with Gasteiger partial charge in [0.2, 0.25) is 0 Å². The molecule has 1 aromatic carbocycles. The predicted octanol–water partition coefficient (Wildman–Crippen LogP) is 6.15. The lowest BCUT2D eigenvalue weighted by molar-refractivity contribution is -0.122. The lowest BCUT2D eigenvalue weighted by Crippen LogP contribution is -2.48. The Labute approximate surface area is 182 Å². The molecule has 0 aliphatic heterocycles. The minimum atomic E-state index is -0.489. The second-order valence-electron chi connectivity index (χ2n) is 9.92. The van der Waals surface area contributed by atoms with Crippen LogP contribution < -0.4 is 4.74 Å². The molecule has 0 radical (unpaired) electrons. The number of halogens is 2. The van der Waals surface area contributed by atoms with Crippen molar-refractivity contribution in [3.63, 3.8) is 0 Å². The molecular weight excluding hydrogens is 407 g/mol. The van der Waals surface area contributed by atoms with Gasteiger partial charge in [-0.15, -0.1) is 0 Å². The van der Waals surface area contributed by atoms with Gasteiger partial charge < -0.3 is 9.84 Å². The molecule has 1 aromatic rings. The van der Waals surface area contributed by atoms with E-state index in [-0.39, 0.29) is 29.2 Å². The van der Waals surface area contributed by atoms with Gasteiger partial charge >= 0.3 is 0 Å². The van der Waals surface area contributed by atoms with E-state index in [2.05, 4.69) is 0 Å². The molecule has 5 aliphatic carbocycles. The fourth-order valence-electron chi connectivity index (χ4n) is 6.93. The SMILES string of the molecule is O=C(c1cc(Cl)c(OCC23CC4CC(CC(C4)C2)C3)cc1F)C1CCCC1.O=CO. The average Bonchev–Trinajstić information content (AvgIpc) is 3.22. The van der Waals surface area contributed by atoms with Crippen molar-refractivity contribution in [2.24, 2.45) is 29.1 Å². The first-order valence-electron chi connectivity index (χ1n) is 11.2. The second kappa shape index (κ2) is 8.86. The highest BCUT2D eigenvalue weighted by molar-refractivity contribution is 6.32. The molecule has 4 nitrogen and oxygen atoms in total. The molecule has 6 heteroatoms. The van der Waals surface area contributed by atoms with Crippen LogP contribution in [0.15, 0.2) is 12.1 Å². The van der Waals surface area contributed by atoms with Crippen LogP contribution in [0.3, 0.4) is 0 Å². The number of hydrogen-bond donors (Lipinski definition) is 1. The quantitative estimate of drug-likeness (QED) is 0.444. The summed E-state index contributed by atoms with van der Waals surface area (Å²) in [5.74, 6) is 2.34. The summed E-state index contributed by atoms with van der Waals surface area (Å²) in [4.78, 5) is 20.9. The van der Waals surface area contributed by atoms with Crippen molar-refractivity contribution < 1.29 is 23.8 Å². The van der Waals surface area contributed by atoms with E-state index in [1.807, 2.05) is 0 Å². The van der Waals surface area contributed by atoms with E-state index in [9.17, 15) is 9.18 Å². The third kappa shape index (κ3) is 4.37. The van der Waals surface area contributed by atoms with Crippen LogP contribution in [0.5, 0.6) is 5.75 Å². The Bertz CT molecular complexity index is 767. The second-order valence-corrected chi connectivity index (χ2v) is 10.3. The number of hydrogen-bond acceptors (Lipinski definition) is 3. The van der Waals surface area contributed by atoms with E-state index in [1.165, 1.54) is 50.7 Å². The normalized spacial score (nSPS) is 31.9. The van der Waals surface area contributed by atoms with Crippen LogP contribution in [0.4, 0.5) is 4.39 Å². The molecule has 0 saturated heterocycles. The predicted molar refractivity (Wildman–Crippen MR) is 112 cm³/mol. The van der Waals surface area contributed by atoms with Crippen LogP contribution >= 0.6 is 11.6 Å². The minimum Gasteiger partial charge on any atom is -0.491 e. The lowest BCUT2D eigenvalue weighted by Gasteiger charge is -2.56. The van der Waals surface area contributed by atoms with Gasteiger partial charge in [0.25, 0.3) is 6.47 Å². The Balaban J connectivity index is 0.000000687. The first-order valence-corrected chi connectivity index (χ1v) is 11.5. The average molecular weight is 437 g/mol. The van der Waals surface area contributed by atoms with Crippen molar-refractivity contribution in [3.8, 4) is 5.75 Å². The Morgan fingerprint density at radius 1 is 1.13 bits per heavy atom. The topological polar surface area (TPSA) is 63.6 Å². The van der Waals surface area contributed by atoms with Crippen LogP contribution in [0.25, 0.3) is 0 Å².